The Hall–Kier alpha value is -1.39. The lowest BCUT2D eigenvalue weighted by Gasteiger charge is -2.08. The van der Waals surface area contributed by atoms with E-state index in [2.05, 4.69) is 5.32 Å². The zero-order chi connectivity index (χ0) is 12.1. The van der Waals surface area contributed by atoms with Gasteiger partial charge in [0, 0.05) is 5.69 Å². The summed E-state index contributed by atoms with van der Waals surface area (Å²) in [6.45, 7) is 3.25. The van der Waals surface area contributed by atoms with Crippen LogP contribution < -0.4 is 5.32 Å². The summed E-state index contributed by atoms with van der Waals surface area (Å²) in [5, 5.41) is 21.0. The van der Waals surface area contributed by atoms with Crippen LogP contribution >= 0.6 is 0 Å². The van der Waals surface area contributed by atoms with Crippen molar-refractivity contribution in [3.63, 3.8) is 0 Å². The Morgan fingerprint density at radius 3 is 2.25 bits per heavy atom. The van der Waals surface area contributed by atoms with Crippen molar-refractivity contribution in [2.24, 2.45) is 0 Å². The summed E-state index contributed by atoms with van der Waals surface area (Å²) in [6.07, 6.45) is -1.07. The second-order valence-corrected chi connectivity index (χ2v) is 3.90. The molecule has 0 saturated heterocycles. The summed E-state index contributed by atoms with van der Waals surface area (Å²) in [7, 11) is 0. The molecule has 1 amide bonds. The van der Waals surface area contributed by atoms with E-state index in [4.69, 9.17) is 5.11 Å². The zero-order valence-corrected chi connectivity index (χ0v) is 9.47. The largest absolute Gasteiger partial charge is 0.393 e. The maximum Gasteiger partial charge on any atom is 0.226 e. The molecule has 3 N–H and O–H groups in total. The van der Waals surface area contributed by atoms with E-state index in [0.717, 1.165) is 5.56 Å². The third-order valence-electron chi connectivity index (χ3n) is 2.16. The molecular weight excluding hydrogens is 206 g/mol. The van der Waals surface area contributed by atoms with Crippen LogP contribution in [-0.2, 0) is 4.79 Å². The maximum absolute atomic E-state index is 11.3. The highest BCUT2D eigenvalue weighted by atomic mass is 16.3. The molecular formula is C12H17NO3. The van der Waals surface area contributed by atoms with Crippen LogP contribution in [0.5, 0.6) is 0 Å². The van der Waals surface area contributed by atoms with Crippen molar-refractivity contribution >= 4 is 11.6 Å². The molecule has 0 aliphatic heterocycles. The standard InChI is InChI=1S/C12H17NO3/c1-8(14)7-12(16)13-11-5-3-10(4-6-11)9(2)15/h3-6,8-9,14-15H,7H2,1-2H3,(H,13,16). The number of carbonyl (C=O) groups excluding carboxylic acids is 1. The third-order valence-corrected chi connectivity index (χ3v) is 2.16. The van der Waals surface area contributed by atoms with Crippen molar-refractivity contribution in [3.8, 4) is 0 Å². The Morgan fingerprint density at radius 2 is 1.81 bits per heavy atom. The first-order chi connectivity index (χ1) is 7.49. The van der Waals surface area contributed by atoms with Crippen molar-refractivity contribution < 1.29 is 15.0 Å². The monoisotopic (exact) mass is 223 g/mol. The second-order valence-electron chi connectivity index (χ2n) is 3.90. The van der Waals surface area contributed by atoms with Gasteiger partial charge in [0.2, 0.25) is 5.91 Å². The predicted molar refractivity (Wildman–Crippen MR) is 62.0 cm³/mol. The van der Waals surface area contributed by atoms with E-state index in [0.29, 0.717) is 5.69 Å². The molecule has 1 aromatic carbocycles. The van der Waals surface area contributed by atoms with Gasteiger partial charge in [-0.25, -0.2) is 0 Å². The summed E-state index contributed by atoms with van der Waals surface area (Å²) in [6, 6.07) is 6.95. The van der Waals surface area contributed by atoms with Crippen LogP contribution in [0.4, 0.5) is 5.69 Å². The minimum atomic E-state index is -0.642. The van der Waals surface area contributed by atoms with Crippen molar-refractivity contribution in [1.29, 1.82) is 0 Å². The molecule has 0 radical (unpaired) electrons. The van der Waals surface area contributed by atoms with E-state index in [1.54, 1.807) is 38.1 Å². The van der Waals surface area contributed by atoms with Crippen LogP contribution in [0.2, 0.25) is 0 Å². The average Bonchev–Trinajstić information content (AvgIpc) is 2.16. The predicted octanol–water partition coefficient (Wildman–Crippen LogP) is 1.45. The molecule has 0 bridgehead atoms. The van der Waals surface area contributed by atoms with Crippen LogP contribution in [0, 0.1) is 0 Å². The summed E-state index contributed by atoms with van der Waals surface area (Å²) in [5.74, 6) is -0.222. The first-order valence-electron chi connectivity index (χ1n) is 5.25. The summed E-state index contributed by atoms with van der Waals surface area (Å²) in [5.41, 5.74) is 1.46. The van der Waals surface area contributed by atoms with Gasteiger partial charge in [-0.05, 0) is 31.5 Å². The van der Waals surface area contributed by atoms with Gasteiger partial charge < -0.3 is 15.5 Å². The molecule has 2 atom stereocenters. The van der Waals surface area contributed by atoms with Crippen molar-refractivity contribution in [1.82, 2.24) is 0 Å². The molecule has 4 heteroatoms. The van der Waals surface area contributed by atoms with Gasteiger partial charge in [0.05, 0.1) is 18.6 Å². The number of benzene rings is 1. The lowest BCUT2D eigenvalue weighted by Crippen LogP contribution is -2.17. The quantitative estimate of drug-likeness (QED) is 0.723. The van der Waals surface area contributed by atoms with Gasteiger partial charge in [-0.15, -0.1) is 0 Å². The van der Waals surface area contributed by atoms with Gasteiger partial charge in [0.1, 0.15) is 0 Å². The van der Waals surface area contributed by atoms with Gasteiger partial charge in [0.25, 0.3) is 0 Å². The summed E-state index contributed by atoms with van der Waals surface area (Å²) < 4.78 is 0. The molecule has 4 nitrogen and oxygen atoms in total. The Balaban J connectivity index is 2.58. The van der Waals surface area contributed by atoms with Crippen molar-refractivity contribution in [3.05, 3.63) is 29.8 Å². The molecule has 16 heavy (non-hydrogen) atoms. The Labute approximate surface area is 94.9 Å². The molecule has 0 heterocycles. The number of aliphatic hydroxyl groups is 2. The van der Waals surface area contributed by atoms with Crippen LogP contribution in [0.3, 0.4) is 0 Å². The number of amides is 1. The van der Waals surface area contributed by atoms with E-state index >= 15 is 0 Å². The molecule has 1 rings (SSSR count). The van der Waals surface area contributed by atoms with E-state index in [-0.39, 0.29) is 12.3 Å². The number of hydrogen-bond acceptors (Lipinski definition) is 3. The minimum Gasteiger partial charge on any atom is -0.393 e. The summed E-state index contributed by atoms with van der Waals surface area (Å²) in [4.78, 5) is 11.3. The van der Waals surface area contributed by atoms with Gasteiger partial charge in [-0.2, -0.15) is 0 Å². The fraction of sp³-hybridized carbons (Fsp3) is 0.417. The lowest BCUT2D eigenvalue weighted by atomic mass is 10.1. The molecule has 2 unspecified atom stereocenters. The average molecular weight is 223 g/mol. The van der Waals surface area contributed by atoms with Gasteiger partial charge in [-0.1, -0.05) is 12.1 Å². The summed E-state index contributed by atoms with van der Waals surface area (Å²) >= 11 is 0. The SMILES string of the molecule is CC(O)CC(=O)Nc1ccc(C(C)O)cc1. The number of rotatable bonds is 4. The molecule has 1 aromatic rings. The van der Waals surface area contributed by atoms with Crippen molar-refractivity contribution in [2.45, 2.75) is 32.5 Å². The highest BCUT2D eigenvalue weighted by Gasteiger charge is 2.06. The smallest absolute Gasteiger partial charge is 0.226 e. The van der Waals surface area contributed by atoms with Crippen LogP contribution in [0.1, 0.15) is 31.9 Å². The number of aliphatic hydroxyl groups excluding tert-OH is 2. The number of nitrogens with one attached hydrogen (secondary N) is 1. The first kappa shape index (κ1) is 12.7. The molecule has 0 aromatic heterocycles. The normalized spacial score (nSPS) is 14.2. The highest BCUT2D eigenvalue weighted by molar-refractivity contribution is 5.90. The van der Waals surface area contributed by atoms with Crippen LogP contribution in [0.15, 0.2) is 24.3 Å². The number of carbonyl (C=O) groups is 1. The first-order valence-corrected chi connectivity index (χ1v) is 5.25. The van der Waals surface area contributed by atoms with E-state index in [9.17, 15) is 9.90 Å². The third kappa shape index (κ3) is 4.00. The Bertz CT molecular complexity index is 344. The van der Waals surface area contributed by atoms with Crippen LogP contribution in [0.25, 0.3) is 0 Å². The zero-order valence-electron chi connectivity index (χ0n) is 9.47. The molecule has 0 spiro atoms. The Morgan fingerprint density at radius 1 is 1.25 bits per heavy atom. The van der Waals surface area contributed by atoms with Crippen LogP contribution in [-0.4, -0.2) is 22.2 Å². The van der Waals surface area contributed by atoms with E-state index < -0.39 is 12.2 Å². The Kier molecular flexibility index (Phi) is 4.46. The van der Waals surface area contributed by atoms with Gasteiger partial charge in [-0.3, -0.25) is 4.79 Å². The molecule has 0 aliphatic rings. The maximum atomic E-state index is 11.3. The number of anilines is 1. The van der Waals surface area contributed by atoms with Gasteiger partial charge >= 0.3 is 0 Å². The molecule has 0 fully saturated rings. The fourth-order valence-corrected chi connectivity index (χ4v) is 1.33. The molecule has 0 saturated carbocycles. The van der Waals surface area contributed by atoms with Crippen molar-refractivity contribution in [2.75, 3.05) is 5.32 Å². The van der Waals surface area contributed by atoms with E-state index in [1.165, 1.54) is 0 Å². The van der Waals surface area contributed by atoms with Gasteiger partial charge in [0.15, 0.2) is 0 Å². The number of hydrogen-bond donors (Lipinski definition) is 3. The topological polar surface area (TPSA) is 69.6 Å². The second kappa shape index (κ2) is 5.63. The lowest BCUT2D eigenvalue weighted by molar-refractivity contribution is -0.117. The highest BCUT2D eigenvalue weighted by Crippen LogP contribution is 2.15. The minimum absolute atomic E-state index is 0.0815. The fourth-order valence-electron chi connectivity index (χ4n) is 1.33. The molecule has 88 valence electrons. The molecule has 0 aliphatic carbocycles. The van der Waals surface area contributed by atoms with E-state index in [1.807, 2.05) is 0 Å².